The van der Waals surface area contributed by atoms with Gasteiger partial charge in [-0.25, -0.2) is 4.98 Å². The van der Waals surface area contributed by atoms with Crippen molar-refractivity contribution in [2.75, 3.05) is 5.32 Å². The smallest absolute Gasteiger partial charge is 0.258 e. The molecule has 2 heterocycles. The van der Waals surface area contributed by atoms with Crippen LogP contribution >= 0.6 is 11.8 Å². The van der Waals surface area contributed by atoms with Gasteiger partial charge in [-0.2, -0.15) is 0 Å². The summed E-state index contributed by atoms with van der Waals surface area (Å²) < 4.78 is 5.20. The van der Waals surface area contributed by atoms with E-state index in [2.05, 4.69) is 15.5 Å². The molecule has 0 fully saturated rings. The maximum absolute atomic E-state index is 12.8. The Morgan fingerprint density at radius 1 is 1.19 bits per heavy atom. The fourth-order valence-electron chi connectivity index (χ4n) is 2.59. The van der Waals surface area contributed by atoms with Gasteiger partial charge in [0, 0.05) is 23.2 Å². The zero-order chi connectivity index (χ0) is 18.7. The Bertz CT molecular complexity index is 930. The number of hydrogen-bond acceptors (Lipinski definition) is 5. The number of carbonyl (C=O) groups is 1. The van der Waals surface area contributed by atoms with Crippen molar-refractivity contribution in [1.29, 1.82) is 0 Å². The largest absolute Gasteiger partial charge is 0.361 e. The summed E-state index contributed by atoms with van der Waals surface area (Å²) in [5.74, 6) is 1.29. The predicted octanol–water partition coefficient (Wildman–Crippen LogP) is 4.85. The Balaban J connectivity index is 1.80. The average molecular weight is 367 g/mol. The van der Waals surface area contributed by atoms with Crippen molar-refractivity contribution in [2.24, 2.45) is 0 Å². The molecule has 6 heteroatoms. The number of nitrogens with zero attached hydrogens (tertiary/aromatic N) is 2. The summed E-state index contributed by atoms with van der Waals surface area (Å²) in [6.07, 6.45) is 1.70. The Morgan fingerprint density at radius 2 is 2.00 bits per heavy atom. The van der Waals surface area contributed by atoms with Crippen LogP contribution in [0.1, 0.15) is 38.5 Å². The van der Waals surface area contributed by atoms with Crippen molar-refractivity contribution in [3.05, 3.63) is 70.2 Å². The van der Waals surface area contributed by atoms with Crippen molar-refractivity contribution in [3.63, 3.8) is 0 Å². The standard InChI is InChI=1S/C20H21N3O2S/c1-12-7-8-13(2)18(10-12)22-19(24)16-6-5-9-21-20(16)26-11-17-14(3)23-25-15(17)4/h5-10H,11H2,1-4H3,(H,22,24). The summed E-state index contributed by atoms with van der Waals surface area (Å²) in [6, 6.07) is 9.57. The van der Waals surface area contributed by atoms with Gasteiger partial charge in [-0.05, 0) is 57.0 Å². The number of nitrogens with one attached hydrogen (secondary N) is 1. The average Bonchev–Trinajstić information content (AvgIpc) is 2.94. The highest BCUT2D eigenvalue weighted by atomic mass is 32.2. The topological polar surface area (TPSA) is 68.0 Å². The molecule has 0 saturated carbocycles. The number of aryl methyl sites for hydroxylation is 4. The van der Waals surface area contributed by atoms with E-state index >= 15 is 0 Å². The number of thioether (sulfide) groups is 1. The fourth-order valence-corrected chi connectivity index (χ4v) is 3.73. The van der Waals surface area contributed by atoms with Gasteiger partial charge in [-0.15, -0.1) is 11.8 Å². The van der Waals surface area contributed by atoms with Crippen LogP contribution in [0.4, 0.5) is 5.69 Å². The van der Waals surface area contributed by atoms with Crippen molar-refractivity contribution in [2.45, 2.75) is 38.5 Å². The Morgan fingerprint density at radius 3 is 2.73 bits per heavy atom. The first kappa shape index (κ1) is 18.2. The van der Waals surface area contributed by atoms with Crippen molar-refractivity contribution in [1.82, 2.24) is 10.1 Å². The molecule has 1 aromatic carbocycles. The molecule has 0 aliphatic rings. The zero-order valence-electron chi connectivity index (χ0n) is 15.3. The second-order valence-electron chi connectivity index (χ2n) is 6.22. The normalized spacial score (nSPS) is 10.8. The van der Waals surface area contributed by atoms with Gasteiger partial charge in [-0.3, -0.25) is 4.79 Å². The predicted molar refractivity (Wildman–Crippen MR) is 104 cm³/mol. The summed E-state index contributed by atoms with van der Waals surface area (Å²) in [7, 11) is 0. The van der Waals surface area contributed by atoms with E-state index in [9.17, 15) is 4.79 Å². The summed E-state index contributed by atoms with van der Waals surface area (Å²) >= 11 is 1.51. The van der Waals surface area contributed by atoms with Crippen LogP contribution in [-0.2, 0) is 5.75 Å². The third-order valence-corrected chi connectivity index (χ3v) is 5.22. The lowest BCUT2D eigenvalue weighted by Crippen LogP contribution is -2.14. The molecule has 0 aliphatic carbocycles. The van der Waals surface area contributed by atoms with Gasteiger partial charge >= 0.3 is 0 Å². The minimum Gasteiger partial charge on any atom is -0.361 e. The molecule has 26 heavy (non-hydrogen) atoms. The molecule has 0 atom stereocenters. The van der Waals surface area contributed by atoms with Crippen molar-refractivity contribution >= 4 is 23.4 Å². The van der Waals surface area contributed by atoms with E-state index in [1.165, 1.54) is 11.8 Å². The first-order valence-electron chi connectivity index (χ1n) is 8.34. The SMILES string of the molecule is Cc1ccc(C)c(NC(=O)c2cccnc2SCc2c(C)noc2C)c1. The lowest BCUT2D eigenvalue weighted by atomic mass is 10.1. The molecule has 1 amide bonds. The lowest BCUT2D eigenvalue weighted by Gasteiger charge is -2.11. The zero-order valence-corrected chi connectivity index (χ0v) is 16.1. The summed E-state index contributed by atoms with van der Waals surface area (Å²) in [6.45, 7) is 7.79. The highest BCUT2D eigenvalue weighted by Gasteiger charge is 2.16. The van der Waals surface area contributed by atoms with Crippen molar-refractivity contribution < 1.29 is 9.32 Å². The van der Waals surface area contributed by atoms with E-state index in [0.29, 0.717) is 16.3 Å². The lowest BCUT2D eigenvalue weighted by molar-refractivity contribution is 0.102. The summed E-state index contributed by atoms with van der Waals surface area (Å²) in [5, 5.41) is 7.66. The van der Waals surface area contributed by atoms with Crippen LogP contribution in [0.2, 0.25) is 0 Å². The molecule has 3 rings (SSSR count). The Labute approximate surface area is 157 Å². The van der Waals surface area contributed by atoms with Crippen LogP contribution in [0.3, 0.4) is 0 Å². The van der Waals surface area contributed by atoms with E-state index in [4.69, 9.17) is 4.52 Å². The molecular formula is C20H21N3O2S. The third kappa shape index (κ3) is 3.96. The molecule has 0 aliphatic heterocycles. The Hall–Kier alpha value is -2.60. The molecule has 0 unspecified atom stereocenters. The molecular weight excluding hydrogens is 346 g/mol. The number of aromatic nitrogens is 2. The molecule has 0 bridgehead atoms. The summed E-state index contributed by atoms with van der Waals surface area (Å²) in [4.78, 5) is 17.2. The molecule has 2 aromatic heterocycles. The number of anilines is 1. The minimum absolute atomic E-state index is 0.159. The second kappa shape index (κ2) is 7.74. The van der Waals surface area contributed by atoms with E-state index < -0.39 is 0 Å². The van der Waals surface area contributed by atoms with E-state index in [-0.39, 0.29) is 5.91 Å². The monoisotopic (exact) mass is 367 g/mol. The first-order chi connectivity index (χ1) is 12.5. The maximum Gasteiger partial charge on any atom is 0.258 e. The van der Waals surface area contributed by atoms with Crippen LogP contribution in [0.25, 0.3) is 0 Å². The molecule has 3 aromatic rings. The van der Waals surface area contributed by atoms with E-state index in [1.54, 1.807) is 18.3 Å². The maximum atomic E-state index is 12.8. The van der Waals surface area contributed by atoms with Crippen LogP contribution in [0.15, 0.2) is 46.1 Å². The number of pyridine rings is 1. The Kier molecular flexibility index (Phi) is 5.42. The second-order valence-corrected chi connectivity index (χ2v) is 7.18. The number of rotatable bonds is 5. The number of amides is 1. The highest BCUT2D eigenvalue weighted by Crippen LogP contribution is 2.28. The van der Waals surface area contributed by atoms with Gasteiger partial charge in [-0.1, -0.05) is 17.3 Å². The van der Waals surface area contributed by atoms with Crippen LogP contribution in [0, 0.1) is 27.7 Å². The van der Waals surface area contributed by atoms with Crippen LogP contribution < -0.4 is 5.32 Å². The van der Waals surface area contributed by atoms with Gasteiger partial charge in [0.25, 0.3) is 5.91 Å². The fraction of sp³-hybridized carbons (Fsp3) is 0.250. The number of carbonyl (C=O) groups excluding carboxylic acids is 1. The highest BCUT2D eigenvalue weighted by molar-refractivity contribution is 7.98. The van der Waals surface area contributed by atoms with Gasteiger partial charge in [0.1, 0.15) is 10.8 Å². The quantitative estimate of drug-likeness (QED) is 0.653. The van der Waals surface area contributed by atoms with Gasteiger partial charge in [0.2, 0.25) is 0 Å². The van der Waals surface area contributed by atoms with Gasteiger partial charge in [0.15, 0.2) is 0 Å². The van der Waals surface area contributed by atoms with Crippen LogP contribution in [0.5, 0.6) is 0 Å². The molecule has 1 N–H and O–H groups in total. The molecule has 0 radical (unpaired) electrons. The van der Waals surface area contributed by atoms with E-state index in [0.717, 1.165) is 33.8 Å². The molecule has 134 valence electrons. The molecule has 0 saturated heterocycles. The number of benzene rings is 1. The summed E-state index contributed by atoms with van der Waals surface area (Å²) in [5.41, 5.74) is 5.42. The minimum atomic E-state index is -0.159. The number of hydrogen-bond donors (Lipinski definition) is 1. The molecule has 5 nitrogen and oxygen atoms in total. The van der Waals surface area contributed by atoms with E-state index in [1.807, 2.05) is 45.9 Å². The van der Waals surface area contributed by atoms with Crippen LogP contribution in [-0.4, -0.2) is 16.0 Å². The van der Waals surface area contributed by atoms with Crippen molar-refractivity contribution in [3.8, 4) is 0 Å². The van der Waals surface area contributed by atoms with Gasteiger partial charge < -0.3 is 9.84 Å². The first-order valence-corrected chi connectivity index (χ1v) is 9.32. The molecule has 0 spiro atoms. The van der Waals surface area contributed by atoms with Gasteiger partial charge in [0.05, 0.1) is 11.3 Å². The third-order valence-electron chi connectivity index (χ3n) is 4.19.